The SMILES string of the molecule is CCCCCCCCCCCCCCCCCC(=O)N(CCCCc1ccccc1)C[C@H]1O[C@H](OC)[C@H](NC(=O)[C@H](CC(C)C)NC(=O)CCC(=O)O)[C@@H](O)[C@@H]1O. The number of aliphatic hydroxyl groups is 2. The number of carbonyl (C=O) groups excluding carboxylic acids is 3. The lowest BCUT2D eigenvalue weighted by Gasteiger charge is -2.44. The summed E-state index contributed by atoms with van der Waals surface area (Å²) in [5.74, 6) is -2.34. The minimum atomic E-state index is -1.49. The number of aliphatic hydroxyl groups excluding tert-OH is 2. The molecule has 57 heavy (non-hydrogen) atoms. The first kappa shape index (κ1) is 50.1. The van der Waals surface area contributed by atoms with E-state index >= 15 is 0 Å². The number of carboxylic acid groups (broad SMARTS) is 1. The highest BCUT2D eigenvalue weighted by Crippen LogP contribution is 2.24. The molecule has 12 nitrogen and oxygen atoms in total. The number of carbonyl (C=O) groups is 4. The number of hydrogen-bond donors (Lipinski definition) is 5. The lowest BCUT2D eigenvalue weighted by Crippen LogP contribution is -2.67. The van der Waals surface area contributed by atoms with Crippen molar-refractivity contribution in [3.05, 3.63) is 35.9 Å². The van der Waals surface area contributed by atoms with Gasteiger partial charge in [0.05, 0.1) is 6.42 Å². The van der Waals surface area contributed by atoms with Crippen LogP contribution >= 0.6 is 0 Å². The first-order valence-electron chi connectivity index (χ1n) is 22.1. The monoisotopic (exact) mass is 804 g/mol. The van der Waals surface area contributed by atoms with Crippen molar-refractivity contribution in [1.29, 1.82) is 0 Å². The van der Waals surface area contributed by atoms with Gasteiger partial charge in [0, 0.05) is 33.0 Å². The Morgan fingerprint density at radius 3 is 1.89 bits per heavy atom. The third kappa shape index (κ3) is 21.5. The molecule has 1 aliphatic heterocycles. The number of aliphatic carboxylic acids is 1. The van der Waals surface area contributed by atoms with E-state index in [-0.39, 0.29) is 37.6 Å². The van der Waals surface area contributed by atoms with Crippen molar-refractivity contribution in [3.8, 4) is 0 Å². The van der Waals surface area contributed by atoms with Gasteiger partial charge in [-0.2, -0.15) is 0 Å². The van der Waals surface area contributed by atoms with Gasteiger partial charge >= 0.3 is 5.97 Å². The van der Waals surface area contributed by atoms with Gasteiger partial charge in [-0.25, -0.2) is 0 Å². The molecule has 0 aliphatic carbocycles. The first-order valence-corrected chi connectivity index (χ1v) is 22.1. The summed E-state index contributed by atoms with van der Waals surface area (Å²) in [6.07, 6.45) is 16.1. The third-order valence-electron chi connectivity index (χ3n) is 10.9. The summed E-state index contributed by atoms with van der Waals surface area (Å²) in [5.41, 5.74) is 1.23. The van der Waals surface area contributed by atoms with Crippen LogP contribution in [0.15, 0.2) is 30.3 Å². The van der Waals surface area contributed by atoms with Crippen molar-refractivity contribution >= 4 is 23.7 Å². The van der Waals surface area contributed by atoms with Crippen LogP contribution in [0.3, 0.4) is 0 Å². The van der Waals surface area contributed by atoms with E-state index in [1.165, 1.54) is 89.7 Å². The minimum absolute atomic E-state index is 0.00632. The molecule has 0 spiro atoms. The highest BCUT2D eigenvalue weighted by molar-refractivity contribution is 5.88. The molecule has 0 bridgehead atoms. The quantitative estimate of drug-likeness (QED) is 0.0477. The van der Waals surface area contributed by atoms with Crippen LogP contribution in [-0.4, -0.2) is 101 Å². The molecule has 0 saturated carbocycles. The van der Waals surface area contributed by atoms with Crippen LogP contribution in [0.1, 0.15) is 161 Å². The van der Waals surface area contributed by atoms with Gasteiger partial charge < -0.3 is 40.3 Å². The smallest absolute Gasteiger partial charge is 0.303 e. The standard InChI is InChI=1S/C45H77N3O9/c1-5-6-7-8-9-10-11-12-13-14-15-16-17-18-22-28-39(50)48(31-24-23-27-35-25-20-19-21-26-35)33-37-42(53)43(54)41(45(56-4)57-37)47-44(55)36(32-34(2)3)46-38(49)29-30-40(51)52/h19-21,25-26,34,36-37,41-43,45,53-54H,5-18,22-24,27-33H2,1-4H3,(H,46,49)(H,47,55)(H,51,52)/t36-,37+,41+,42+,43+,45-/m0/s1. The van der Waals surface area contributed by atoms with E-state index in [1.54, 1.807) is 4.90 Å². The second-order valence-corrected chi connectivity index (χ2v) is 16.4. The summed E-state index contributed by atoms with van der Waals surface area (Å²) in [6, 6.07) is 8.02. The molecule has 1 heterocycles. The van der Waals surface area contributed by atoms with Gasteiger partial charge in [-0.3, -0.25) is 19.2 Å². The second kappa shape index (κ2) is 30.1. The number of amides is 3. The first-order chi connectivity index (χ1) is 27.5. The van der Waals surface area contributed by atoms with Crippen molar-refractivity contribution < 1.29 is 44.0 Å². The fourth-order valence-corrected chi connectivity index (χ4v) is 7.51. The Morgan fingerprint density at radius 2 is 1.35 bits per heavy atom. The molecule has 326 valence electrons. The number of rotatable bonds is 32. The molecule has 1 aromatic rings. The molecule has 1 aliphatic rings. The van der Waals surface area contributed by atoms with E-state index in [0.717, 1.165) is 38.5 Å². The lowest BCUT2D eigenvalue weighted by molar-refractivity contribution is -0.259. The Labute approximate surface area is 343 Å². The molecule has 0 unspecified atom stereocenters. The Kier molecular flexibility index (Phi) is 26.4. The predicted molar refractivity (Wildman–Crippen MR) is 223 cm³/mol. The molecule has 1 aromatic carbocycles. The zero-order valence-corrected chi connectivity index (χ0v) is 35.6. The zero-order chi connectivity index (χ0) is 41.8. The van der Waals surface area contributed by atoms with Crippen LogP contribution in [-0.2, 0) is 35.1 Å². The molecular formula is C45H77N3O9. The van der Waals surface area contributed by atoms with Gasteiger partial charge in [0.2, 0.25) is 17.7 Å². The summed E-state index contributed by atoms with van der Waals surface area (Å²) in [4.78, 5) is 52.2. The molecule has 3 amide bonds. The normalized spacial score (nSPS) is 19.9. The van der Waals surface area contributed by atoms with Crippen molar-refractivity contribution in [3.63, 3.8) is 0 Å². The number of carboxylic acids is 1. The topological polar surface area (TPSA) is 175 Å². The molecule has 0 radical (unpaired) electrons. The Hall–Kier alpha value is -3.06. The minimum Gasteiger partial charge on any atom is -0.481 e. The van der Waals surface area contributed by atoms with Crippen molar-refractivity contribution in [2.75, 3.05) is 20.2 Å². The van der Waals surface area contributed by atoms with Crippen LogP contribution in [0.5, 0.6) is 0 Å². The van der Waals surface area contributed by atoms with Gasteiger partial charge in [0.1, 0.15) is 30.4 Å². The maximum absolute atomic E-state index is 13.7. The molecule has 1 fully saturated rings. The van der Waals surface area contributed by atoms with Gasteiger partial charge in [-0.15, -0.1) is 0 Å². The van der Waals surface area contributed by atoms with Crippen molar-refractivity contribution in [2.45, 2.75) is 199 Å². The van der Waals surface area contributed by atoms with Crippen molar-refractivity contribution in [1.82, 2.24) is 15.5 Å². The summed E-state index contributed by atoms with van der Waals surface area (Å²) in [6.45, 7) is 6.54. The Morgan fingerprint density at radius 1 is 0.772 bits per heavy atom. The molecular weight excluding hydrogens is 727 g/mol. The maximum Gasteiger partial charge on any atom is 0.303 e. The van der Waals surface area contributed by atoms with E-state index in [2.05, 4.69) is 29.7 Å². The van der Waals surface area contributed by atoms with E-state index in [9.17, 15) is 29.4 Å². The maximum atomic E-state index is 13.7. The summed E-state index contributed by atoms with van der Waals surface area (Å²) in [5, 5.41) is 36.9. The molecule has 0 aromatic heterocycles. The molecule has 5 N–H and O–H groups in total. The predicted octanol–water partition coefficient (Wildman–Crippen LogP) is 7.07. The average Bonchev–Trinajstić information content (AvgIpc) is 3.19. The summed E-state index contributed by atoms with van der Waals surface area (Å²) in [7, 11) is 1.37. The second-order valence-electron chi connectivity index (χ2n) is 16.4. The molecule has 12 heteroatoms. The highest BCUT2D eigenvalue weighted by atomic mass is 16.7. The number of ether oxygens (including phenoxy) is 2. The molecule has 1 saturated heterocycles. The average molecular weight is 804 g/mol. The van der Waals surface area contributed by atoms with Gasteiger partial charge in [-0.1, -0.05) is 141 Å². The Balaban J connectivity index is 1.93. The van der Waals surface area contributed by atoms with E-state index in [4.69, 9.17) is 14.6 Å². The molecule has 2 rings (SSSR count). The number of benzene rings is 1. The van der Waals surface area contributed by atoms with Crippen LogP contribution in [0.25, 0.3) is 0 Å². The van der Waals surface area contributed by atoms with E-state index in [1.807, 2.05) is 32.0 Å². The lowest BCUT2D eigenvalue weighted by atomic mass is 9.95. The number of hydrogen-bond acceptors (Lipinski definition) is 8. The number of unbranched alkanes of at least 4 members (excludes halogenated alkanes) is 15. The highest BCUT2D eigenvalue weighted by Gasteiger charge is 2.46. The zero-order valence-electron chi connectivity index (χ0n) is 35.6. The van der Waals surface area contributed by atoms with Crippen LogP contribution in [0.4, 0.5) is 0 Å². The number of nitrogens with zero attached hydrogens (tertiary/aromatic N) is 1. The van der Waals surface area contributed by atoms with E-state index < -0.39 is 54.5 Å². The van der Waals surface area contributed by atoms with Gasteiger partial charge in [0.15, 0.2) is 6.29 Å². The van der Waals surface area contributed by atoms with Crippen LogP contribution in [0.2, 0.25) is 0 Å². The number of aryl methyl sites for hydroxylation is 1. The van der Waals surface area contributed by atoms with Crippen LogP contribution < -0.4 is 10.6 Å². The van der Waals surface area contributed by atoms with Crippen LogP contribution in [0, 0.1) is 5.92 Å². The van der Waals surface area contributed by atoms with Crippen molar-refractivity contribution in [2.24, 2.45) is 5.92 Å². The Bertz CT molecular complexity index is 1250. The van der Waals surface area contributed by atoms with E-state index in [0.29, 0.717) is 13.0 Å². The van der Waals surface area contributed by atoms with Gasteiger partial charge in [0.25, 0.3) is 0 Å². The fraction of sp³-hybridized carbons (Fsp3) is 0.778. The summed E-state index contributed by atoms with van der Waals surface area (Å²) >= 11 is 0. The third-order valence-corrected chi connectivity index (χ3v) is 10.9. The fourth-order valence-electron chi connectivity index (χ4n) is 7.51. The largest absolute Gasteiger partial charge is 0.481 e. The number of methoxy groups -OCH3 is 1. The summed E-state index contributed by atoms with van der Waals surface area (Å²) < 4.78 is 11.7. The van der Waals surface area contributed by atoms with Gasteiger partial charge in [-0.05, 0) is 43.6 Å². The molecule has 6 atom stereocenters. The number of nitrogens with one attached hydrogen (secondary N) is 2.